The second kappa shape index (κ2) is 13.7. The summed E-state index contributed by atoms with van der Waals surface area (Å²) in [5, 5.41) is 10.3. The smallest absolute Gasteiger partial charge is 0.410 e. The number of hydrogen-bond acceptors (Lipinski definition) is 7. The van der Waals surface area contributed by atoms with Gasteiger partial charge in [-0.05, 0) is 100 Å². The quantitative estimate of drug-likeness (QED) is 0.182. The molecule has 2 aliphatic rings. The van der Waals surface area contributed by atoms with E-state index in [4.69, 9.17) is 25.8 Å². The second-order valence-corrected chi connectivity index (χ2v) is 13.7. The van der Waals surface area contributed by atoms with Crippen LogP contribution < -0.4 is 9.47 Å². The van der Waals surface area contributed by atoms with Crippen LogP contribution in [0.4, 0.5) is 4.79 Å². The molecule has 3 aromatic rings. The highest BCUT2D eigenvalue weighted by molar-refractivity contribution is 6.32. The van der Waals surface area contributed by atoms with Crippen molar-refractivity contribution < 1.29 is 28.9 Å². The minimum atomic E-state index is -0.456. The number of piperidine rings is 1. The molecule has 0 bridgehead atoms. The van der Waals surface area contributed by atoms with Crippen molar-refractivity contribution in [2.75, 3.05) is 39.3 Å². The lowest BCUT2D eigenvalue weighted by Crippen LogP contribution is -2.62. The number of likely N-dealkylation sites (tertiary alicyclic amines) is 2. The number of benzene rings is 3. The fourth-order valence-electron chi connectivity index (χ4n) is 6.09. The molecule has 0 saturated carbocycles. The molecule has 2 aliphatic heterocycles. The maximum absolute atomic E-state index is 12.3. The lowest BCUT2D eigenvalue weighted by Gasteiger charge is -2.53. The van der Waals surface area contributed by atoms with Gasteiger partial charge in [0.1, 0.15) is 29.5 Å². The third-order valence-electron chi connectivity index (χ3n) is 8.69. The van der Waals surface area contributed by atoms with Gasteiger partial charge in [-0.25, -0.2) is 4.79 Å². The van der Waals surface area contributed by atoms with Gasteiger partial charge < -0.3 is 29.1 Å². The number of carbonyl (C=O) groups is 2. The molecule has 1 spiro atoms. The van der Waals surface area contributed by atoms with Gasteiger partial charge in [0.2, 0.25) is 0 Å². The van der Waals surface area contributed by atoms with E-state index < -0.39 is 5.60 Å². The van der Waals surface area contributed by atoms with Crippen LogP contribution in [0.25, 0.3) is 11.1 Å². The van der Waals surface area contributed by atoms with Crippen molar-refractivity contribution in [3.63, 3.8) is 0 Å². The highest BCUT2D eigenvalue weighted by Gasteiger charge is 2.47. The van der Waals surface area contributed by atoms with Crippen LogP contribution in [0.3, 0.4) is 0 Å². The van der Waals surface area contributed by atoms with Crippen molar-refractivity contribution in [3.05, 3.63) is 76.3 Å². The molecule has 8 nitrogen and oxygen atoms in total. The Morgan fingerprint density at radius 1 is 1.04 bits per heavy atom. The summed E-state index contributed by atoms with van der Waals surface area (Å²) in [6.07, 6.45) is 3.53. The molecule has 5 rings (SSSR count). The highest BCUT2D eigenvalue weighted by Crippen LogP contribution is 2.41. The zero-order valence-electron chi connectivity index (χ0n) is 26.6. The van der Waals surface area contributed by atoms with E-state index in [1.165, 1.54) is 12.1 Å². The van der Waals surface area contributed by atoms with Crippen molar-refractivity contribution in [1.29, 1.82) is 0 Å². The summed E-state index contributed by atoms with van der Waals surface area (Å²) < 4.78 is 17.6. The highest BCUT2D eigenvalue weighted by atomic mass is 35.5. The van der Waals surface area contributed by atoms with E-state index in [0.717, 1.165) is 80.0 Å². The molecule has 0 radical (unpaired) electrons. The monoisotopic (exact) mass is 634 g/mol. The Hall–Kier alpha value is -3.75. The first kappa shape index (κ1) is 32.6. The van der Waals surface area contributed by atoms with Crippen molar-refractivity contribution >= 4 is 24.0 Å². The van der Waals surface area contributed by atoms with E-state index in [2.05, 4.69) is 30.0 Å². The minimum absolute atomic E-state index is 0.121. The maximum atomic E-state index is 12.3. The largest absolute Gasteiger partial charge is 0.507 e. The molecular weight excluding hydrogens is 592 g/mol. The van der Waals surface area contributed by atoms with E-state index in [0.29, 0.717) is 18.6 Å². The number of aldehydes is 1. The van der Waals surface area contributed by atoms with E-state index in [1.54, 1.807) is 0 Å². The molecule has 2 heterocycles. The van der Waals surface area contributed by atoms with Crippen LogP contribution >= 0.6 is 11.6 Å². The third-order valence-corrected chi connectivity index (χ3v) is 8.99. The molecule has 2 saturated heterocycles. The Kier molecular flexibility index (Phi) is 9.94. The predicted molar refractivity (Wildman–Crippen MR) is 175 cm³/mol. The first-order valence-corrected chi connectivity index (χ1v) is 16.0. The van der Waals surface area contributed by atoms with Gasteiger partial charge >= 0.3 is 6.09 Å². The second-order valence-electron chi connectivity index (χ2n) is 13.2. The number of halogens is 1. The van der Waals surface area contributed by atoms with E-state index >= 15 is 0 Å². The average Bonchev–Trinajstić information content (AvgIpc) is 2.98. The molecule has 0 aliphatic carbocycles. The summed E-state index contributed by atoms with van der Waals surface area (Å²) in [5.41, 5.74) is 4.11. The number of ether oxygens (including phenoxy) is 3. The molecular formula is C36H43ClN2O6. The number of hydrogen-bond donors (Lipinski definition) is 1. The van der Waals surface area contributed by atoms with Crippen LogP contribution in [0.5, 0.6) is 17.2 Å². The molecule has 1 amide bonds. The van der Waals surface area contributed by atoms with Crippen LogP contribution in [-0.2, 0) is 11.3 Å². The summed E-state index contributed by atoms with van der Waals surface area (Å²) in [6, 6.07) is 17.0. The van der Waals surface area contributed by atoms with Crippen LogP contribution in [-0.4, -0.2) is 72.2 Å². The predicted octanol–water partition coefficient (Wildman–Crippen LogP) is 7.51. The van der Waals surface area contributed by atoms with E-state index in [1.807, 2.05) is 49.9 Å². The van der Waals surface area contributed by atoms with Gasteiger partial charge in [0.05, 0.1) is 17.2 Å². The van der Waals surface area contributed by atoms with Crippen molar-refractivity contribution in [1.82, 2.24) is 9.80 Å². The molecule has 9 heteroatoms. The normalized spacial score (nSPS) is 16.2. The number of amides is 1. The van der Waals surface area contributed by atoms with Gasteiger partial charge in [-0.2, -0.15) is 0 Å². The van der Waals surface area contributed by atoms with E-state index in [9.17, 15) is 14.7 Å². The number of rotatable bonds is 10. The van der Waals surface area contributed by atoms with Crippen LogP contribution in [0.1, 0.15) is 61.5 Å². The summed E-state index contributed by atoms with van der Waals surface area (Å²) in [7, 11) is 0. The summed E-state index contributed by atoms with van der Waals surface area (Å²) in [6.45, 7) is 13.4. The topological polar surface area (TPSA) is 88.5 Å². The summed E-state index contributed by atoms with van der Waals surface area (Å²) in [4.78, 5) is 27.7. The fraction of sp³-hybridized carbons (Fsp3) is 0.444. The number of aromatic hydroxyl groups is 1. The number of carbonyl (C=O) groups excluding carboxylic acids is 2. The number of nitrogens with zero attached hydrogens (tertiary/aromatic N) is 2. The third kappa shape index (κ3) is 8.10. The molecule has 0 aromatic heterocycles. The number of phenols is 1. The number of phenolic OH excluding ortho intramolecular Hbond substituents is 1. The van der Waals surface area contributed by atoms with Gasteiger partial charge in [-0.15, -0.1) is 0 Å². The van der Waals surface area contributed by atoms with Gasteiger partial charge in [-0.3, -0.25) is 4.79 Å². The molecule has 2 fully saturated rings. The van der Waals surface area contributed by atoms with E-state index in [-0.39, 0.29) is 34.5 Å². The standard InChI is InChI=1S/C36H43ClN2O6/c1-25-27(22-44-33-20-32(41)28(21-40)19-31(33)37)9-6-11-30(25)26-8-5-10-29(18-26)43-17-7-14-38-15-12-36(13-16-38)23-39(24-36)34(42)45-35(2,3)4/h5-6,8-11,18-21,41H,7,12-17,22-24H2,1-4H3. The van der Waals surface area contributed by atoms with Crippen molar-refractivity contribution in [3.8, 4) is 28.4 Å². The zero-order chi connectivity index (χ0) is 32.2. The van der Waals surface area contributed by atoms with Crippen LogP contribution in [0.2, 0.25) is 5.02 Å². The van der Waals surface area contributed by atoms with Gasteiger partial charge in [0.25, 0.3) is 0 Å². The molecule has 240 valence electrons. The summed E-state index contributed by atoms with van der Waals surface area (Å²) >= 11 is 6.25. The Labute approximate surface area is 270 Å². The van der Waals surface area contributed by atoms with Crippen molar-refractivity contribution in [2.45, 2.75) is 59.2 Å². The SMILES string of the molecule is Cc1c(COc2cc(O)c(C=O)cc2Cl)cccc1-c1cccc(OCCCN2CCC3(CC2)CN(C(=O)OC(C)(C)C)C3)c1. The summed E-state index contributed by atoms with van der Waals surface area (Å²) in [5.74, 6) is 0.982. The fourth-order valence-corrected chi connectivity index (χ4v) is 6.32. The molecule has 3 aromatic carbocycles. The molecule has 0 atom stereocenters. The van der Waals surface area contributed by atoms with Crippen LogP contribution in [0.15, 0.2) is 54.6 Å². The van der Waals surface area contributed by atoms with Crippen molar-refractivity contribution in [2.24, 2.45) is 5.41 Å². The molecule has 45 heavy (non-hydrogen) atoms. The van der Waals surface area contributed by atoms with Gasteiger partial charge in [0.15, 0.2) is 6.29 Å². The Balaban J connectivity index is 1.08. The van der Waals surface area contributed by atoms with Gasteiger partial charge in [0, 0.05) is 31.1 Å². The molecule has 1 N–H and O–H groups in total. The lowest BCUT2D eigenvalue weighted by atomic mass is 9.72. The zero-order valence-corrected chi connectivity index (χ0v) is 27.4. The Morgan fingerprint density at radius 3 is 2.49 bits per heavy atom. The van der Waals surface area contributed by atoms with Gasteiger partial charge in [-0.1, -0.05) is 41.9 Å². The average molecular weight is 635 g/mol. The Bertz CT molecular complexity index is 1520. The minimum Gasteiger partial charge on any atom is -0.507 e. The van der Waals surface area contributed by atoms with Crippen LogP contribution in [0, 0.1) is 12.3 Å². The Morgan fingerprint density at radius 2 is 1.78 bits per heavy atom. The first-order chi connectivity index (χ1) is 21.4. The lowest BCUT2D eigenvalue weighted by molar-refractivity contribution is -0.0594. The maximum Gasteiger partial charge on any atom is 0.410 e. The molecule has 0 unspecified atom stereocenters. The first-order valence-electron chi connectivity index (χ1n) is 15.6.